The summed E-state index contributed by atoms with van der Waals surface area (Å²) in [5.74, 6) is 0.658. The van der Waals surface area contributed by atoms with Crippen LogP contribution in [0.1, 0.15) is 59.9 Å². The molecule has 3 aromatic rings. The van der Waals surface area contributed by atoms with Crippen molar-refractivity contribution in [3.8, 4) is 11.4 Å². The van der Waals surface area contributed by atoms with E-state index >= 15 is 0 Å². The lowest BCUT2D eigenvalue weighted by molar-refractivity contribution is 0.0622. The van der Waals surface area contributed by atoms with E-state index in [1.807, 2.05) is 35.4 Å². The van der Waals surface area contributed by atoms with Crippen molar-refractivity contribution in [3.05, 3.63) is 70.2 Å². The number of likely N-dealkylation sites (tertiary alicyclic amines) is 1. The second-order valence-corrected chi connectivity index (χ2v) is 9.13. The van der Waals surface area contributed by atoms with Gasteiger partial charge in [0.25, 0.3) is 11.5 Å². The highest BCUT2D eigenvalue weighted by Gasteiger charge is 2.46. The molecule has 0 radical (unpaired) electrons. The van der Waals surface area contributed by atoms with Crippen LogP contribution in [0.15, 0.2) is 47.7 Å². The summed E-state index contributed by atoms with van der Waals surface area (Å²) in [5.41, 5.74) is 2.94. The summed E-state index contributed by atoms with van der Waals surface area (Å²) >= 11 is 0. The van der Waals surface area contributed by atoms with Crippen LogP contribution in [0.2, 0.25) is 0 Å². The molecule has 2 aliphatic carbocycles. The molecular weight excluding hydrogens is 390 g/mol. The van der Waals surface area contributed by atoms with Gasteiger partial charge in [-0.05, 0) is 62.8 Å². The smallest absolute Gasteiger partial charge is 0.270 e. The summed E-state index contributed by atoms with van der Waals surface area (Å²) in [6, 6.07) is 8.13. The van der Waals surface area contributed by atoms with E-state index in [1.165, 1.54) is 0 Å². The number of rotatable bonds is 3. The number of nitrogens with zero attached hydrogens (tertiary/aromatic N) is 4. The van der Waals surface area contributed by atoms with Crippen LogP contribution in [-0.2, 0) is 11.8 Å². The number of aromatic nitrogens is 4. The number of hydrogen-bond donors (Lipinski definition) is 1. The molecule has 1 unspecified atom stereocenters. The van der Waals surface area contributed by atoms with Gasteiger partial charge < -0.3 is 14.5 Å². The van der Waals surface area contributed by atoms with E-state index in [-0.39, 0.29) is 16.9 Å². The average molecular weight is 415 g/mol. The Bertz CT molecular complexity index is 1210. The minimum atomic E-state index is -0.245. The highest BCUT2D eigenvalue weighted by atomic mass is 16.2. The first kappa shape index (κ1) is 18.5. The maximum absolute atomic E-state index is 13.4. The van der Waals surface area contributed by atoms with Crippen molar-refractivity contribution in [1.29, 1.82) is 0 Å². The van der Waals surface area contributed by atoms with Gasteiger partial charge in [-0.1, -0.05) is 0 Å². The van der Waals surface area contributed by atoms with Gasteiger partial charge in [0, 0.05) is 54.3 Å². The summed E-state index contributed by atoms with van der Waals surface area (Å²) in [5, 5.41) is 0. The number of piperidine rings is 1. The Labute approximate surface area is 180 Å². The molecule has 3 aromatic heterocycles. The molecular formula is C24H25N5O2. The highest BCUT2D eigenvalue weighted by Crippen LogP contribution is 2.44. The van der Waals surface area contributed by atoms with Crippen molar-refractivity contribution in [3.63, 3.8) is 0 Å². The molecule has 0 aromatic carbocycles. The van der Waals surface area contributed by atoms with Crippen molar-refractivity contribution in [2.45, 2.75) is 50.0 Å². The molecule has 7 nitrogen and oxygen atoms in total. The maximum atomic E-state index is 13.4. The van der Waals surface area contributed by atoms with Gasteiger partial charge in [0.15, 0.2) is 0 Å². The van der Waals surface area contributed by atoms with Crippen LogP contribution in [0.5, 0.6) is 0 Å². The Morgan fingerprint density at radius 3 is 2.90 bits per heavy atom. The minimum Gasteiger partial charge on any atom is -0.340 e. The largest absolute Gasteiger partial charge is 0.340 e. The molecule has 1 saturated heterocycles. The molecule has 7 heteroatoms. The monoisotopic (exact) mass is 415 g/mol. The molecule has 0 bridgehead atoms. The number of amides is 1. The fraction of sp³-hybridized carbons (Fsp3) is 0.417. The van der Waals surface area contributed by atoms with Crippen molar-refractivity contribution in [2.24, 2.45) is 0 Å². The molecule has 1 spiro atoms. The lowest BCUT2D eigenvalue weighted by Gasteiger charge is -2.40. The van der Waals surface area contributed by atoms with Gasteiger partial charge in [-0.15, -0.1) is 0 Å². The highest BCUT2D eigenvalue weighted by molar-refractivity contribution is 5.93. The van der Waals surface area contributed by atoms with Crippen LogP contribution in [-0.4, -0.2) is 43.4 Å². The maximum Gasteiger partial charge on any atom is 0.270 e. The van der Waals surface area contributed by atoms with Crippen molar-refractivity contribution >= 4 is 5.91 Å². The Hall–Kier alpha value is -3.22. The fourth-order valence-corrected chi connectivity index (χ4v) is 5.40. The summed E-state index contributed by atoms with van der Waals surface area (Å²) < 4.78 is 2.13. The van der Waals surface area contributed by atoms with Crippen LogP contribution in [0, 0.1) is 0 Å². The van der Waals surface area contributed by atoms with Crippen LogP contribution in [0.25, 0.3) is 11.4 Å². The van der Waals surface area contributed by atoms with Gasteiger partial charge in [0.05, 0.1) is 5.69 Å². The minimum absolute atomic E-state index is 0.0632. The second kappa shape index (κ2) is 6.90. The zero-order valence-corrected chi connectivity index (χ0v) is 17.4. The third kappa shape index (κ3) is 3.02. The molecule has 1 amide bonds. The van der Waals surface area contributed by atoms with Crippen LogP contribution < -0.4 is 5.56 Å². The van der Waals surface area contributed by atoms with Gasteiger partial charge in [-0.2, -0.15) is 0 Å². The average Bonchev–Trinajstić information content (AvgIpc) is 3.43. The number of aromatic amines is 1. The summed E-state index contributed by atoms with van der Waals surface area (Å²) in [6.07, 6.45) is 11.2. The number of hydrogen-bond acceptors (Lipinski definition) is 4. The second-order valence-electron chi connectivity index (χ2n) is 9.13. The lowest BCUT2D eigenvalue weighted by Crippen LogP contribution is -2.48. The molecule has 31 heavy (non-hydrogen) atoms. The summed E-state index contributed by atoms with van der Waals surface area (Å²) in [7, 11) is 0. The lowest BCUT2D eigenvalue weighted by atomic mass is 9.77. The zero-order chi connectivity index (χ0) is 21.0. The van der Waals surface area contributed by atoms with E-state index in [1.54, 1.807) is 12.4 Å². The molecule has 1 N–H and O–H groups in total. The SMILES string of the molecule is O=C(c1cccn1C1CC1)N1CCCC2(CCc3c2nc(-c2cccnc2)[nH]c3=O)C1. The van der Waals surface area contributed by atoms with Crippen molar-refractivity contribution in [2.75, 3.05) is 13.1 Å². The topological polar surface area (TPSA) is 83.9 Å². The van der Waals surface area contributed by atoms with Crippen LogP contribution in [0.4, 0.5) is 0 Å². The number of nitrogens with one attached hydrogen (secondary N) is 1. The third-order valence-electron chi connectivity index (χ3n) is 7.11. The first-order chi connectivity index (χ1) is 15.1. The van der Waals surface area contributed by atoms with E-state index in [9.17, 15) is 9.59 Å². The number of fused-ring (bicyclic) bond motifs is 2. The molecule has 1 aliphatic heterocycles. The quantitative estimate of drug-likeness (QED) is 0.713. The van der Waals surface area contributed by atoms with E-state index in [2.05, 4.69) is 14.5 Å². The van der Waals surface area contributed by atoms with Crippen LogP contribution in [0.3, 0.4) is 0 Å². The van der Waals surface area contributed by atoms with Gasteiger partial charge in [0.2, 0.25) is 0 Å². The molecule has 3 aliphatic rings. The number of pyridine rings is 1. The van der Waals surface area contributed by atoms with Gasteiger partial charge in [-0.25, -0.2) is 4.98 Å². The Morgan fingerprint density at radius 1 is 1.19 bits per heavy atom. The first-order valence-electron chi connectivity index (χ1n) is 11.1. The number of carbonyl (C=O) groups excluding carboxylic acids is 1. The Morgan fingerprint density at radius 2 is 2.10 bits per heavy atom. The fourth-order valence-electron chi connectivity index (χ4n) is 5.40. The van der Waals surface area contributed by atoms with E-state index in [4.69, 9.17) is 4.98 Å². The van der Waals surface area contributed by atoms with Gasteiger partial charge >= 0.3 is 0 Å². The summed E-state index contributed by atoms with van der Waals surface area (Å²) in [4.78, 5) is 40.3. The first-order valence-corrected chi connectivity index (χ1v) is 11.1. The molecule has 6 rings (SSSR count). The van der Waals surface area contributed by atoms with E-state index in [0.29, 0.717) is 24.8 Å². The molecule has 2 fully saturated rings. The molecule has 1 atom stereocenters. The number of carbonyl (C=O) groups is 1. The molecule has 158 valence electrons. The van der Waals surface area contributed by atoms with Crippen LogP contribution >= 0.6 is 0 Å². The number of H-pyrrole nitrogens is 1. The predicted molar refractivity (Wildman–Crippen MR) is 116 cm³/mol. The van der Waals surface area contributed by atoms with Crippen molar-refractivity contribution in [1.82, 2.24) is 24.4 Å². The predicted octanol–water partition coefficient (Wildman–Crippen LogP) is 3.09. The molecule has 4 heterocycles. The van der Waals surface area contributed by atoms with Gasteiger partial charge in [0.1, 0.15) is 11.5 Å². The van der Waals surface area contributed by atoms with Gasteiger partial charge in [-0.3, -0.25) is 14.6 Å². The summed E-state index contributed by atoms with van der Waals surface area (Å²) in [6.45, 7) is 1.38. The third-order valence-corrected chi connectivity index (χ3v) is 7.11. The van der Waals surface area contributed by atoms with E-state index < -0.39 is 0 Å². The standard InChI is InChI=1S/C24H25N5O2/c30-22-18-8-10-24(20(18)26-21(27-22)16-4-1-11-25-14-16)9-3-12-28(15-24)23(31)19-5-2-13-29(19)17-6-7-17/h1-2,4-5,11,13-14,17H,3,6-10,12,15H2,(H,26,27,30). The van der Waals surface area contributed by atoms with E-state index in [0.717, 1.165) is 61.2 Å². The molecule has 1 saturated carbocycles. The Kier molecular flexibility index (Phi) is 4.13. The normalized spacial score (nSPS) is 22.6. The Balaban J connectivity index is 1.35. The zero-order valence-electron chi connectivity index (χ0n) is 17.4. The van der Waals surface area contributed by atoms with Crippen molar-refractivity contribution < 1.29 is 4.79 Å².